The Hall–Kier alpha value is -3.84. The first-order valence-corrected chi connectivity index (χ1v) is 13.1. The number of halogens is 1. The summed E-state index contributed by atoms with van der Waals surface area (Å²) in [6, 6.07) is 22.0. The minimum absolute atomic E-state index is 0.220. The fraction of sp³-hybridized carbons (Fsp3) is 0.214. The second-order valence-electron chi connectivity index (χ2n) is 10.3. The standard InChI is InChI=1S/C28H29B2ClN6O/c1-18-8-11-25-24(14-18)34-27(28(29,30)13-12-20-6-4-3-5-7-20)36(25)16-33-26(38)22-10-9-21(15-23(22)31)37-17-32-19(2)35-37/h3-11,14-15,17H,12-13,16,29-30H2,1-2H3,(H,33,38). The third kappa shape index (κ3) is 5.38. The van der Waals surface area contributed by atoms with Crippen molar-refractivity contribution >= 4 is 44.2 Å². The van der Waals surface area contributed by atoms with Crippen LogP contribution in [0.15, 0.2) is 73.1 Å². The monoisotopic (exact) mass is 522 g/mol. The summed E-state index contributed by atoms with van der Waals surface area (Å²) in [4.78, 5) is 22.4. The number of carbonyl (C=O) groups is 1. The number of hydrogen-bond acceptors (Lipinski definition) is 4. The van der Waals surface area contributed by atoms with Crippen molar-refractivity contribution in [3.05, 3.63) is 106 Å². The highest BCUT2D eigenvalue weighted by Gasteiger charge is 2.28. The third-order valence-electron chi connectivity index (χ3n) is 6.86. The molecule has 38 heavy (non-hydrogen) atoms. The summed E-state index contributed by atoms with van der Waals surface area (Å²) in [7, 11) is 4.42. The van der Waals surface area contributed by atoms with Crippen LogP contribution >= 0.6 is 11.6 Å². The van der Waals surface area contributed by atoms with Crippen LogP contribution in [0, 0.1) is 13.8 Å². The molecule has 0 fully saturated rings. The van der Waals surface area contributed by atoms with E-state index in [1.165, 1.54) is 5.56 Å². The molecule has 1 amide bonds. The van der Waals surface area contributed by atoms with Gasteiger partial charge in [0.2, 0.25) is 0 Å². The van der Waals surface area contributed by atoms with E-state index < -0.39 is 0 Å². The van der Waals surface area contributed by atoms with E-state index in [1.807, 2.05) is 19.1 Å². The second kappa shape index (κ2) is 10.5. The number of hydrogen-bond donors (Lipinski definition) is 1. The van der Waals surface area contributed by atoms with Crippen molar-refractivity contribution in [2.75, 3.05) is 0 Å². The van der Waals surface area contributed by atoms with Gasteiger partial charge in [0.25, 0.3) is 5.91 Å². The molecule has 0 bridgehead atoms. The smallest absolute Gasteiger partial charge is 0.254 e. The van der Waals surface area contributed by atoms with Crippen LogP contribution in [0.2, 0.25) is 5.02 Å². The topological polar surface area (TPSA) is 77.6 Å². The summed E-state index contributed by atoms with van der Waals surface area (Å²) in [5.41, 5.74) is 5.50. The van der Waals surface area contributed by atoms with Gasteiger partial charge in [-0.25, -0.2) is 14.6 Å². The highest BCUT2D eigenvalue weighted by Crippen LogP contribution is 2.28. The molecule has 2 heterocycles. The van der Waals surface area contributed by atoms with Gasteiger partial charge in [0.05, 0.1) is 34.0 Å². The highest BCUT2D eigenvalue weighted by molar-refractivity contribution is 6.39. The number of nitrogens with zero attached hydrogens (tertiary/aromatic N) is 5. The van der Waals surface area contributed by atoms with Crippen molar-refractivity contribution in [3.8, 4) is 5.69 Å². The van der Waals surface area contributed by atoms with Gasteiger partial charge in [-0.15, -0.1) is 0 Å². The van der Waals surface area contributed by atoms with Crippen LogP contribution in [-0.4, -0.2) is 45.9 Å². The number of aryl methyl sites for hydroxylation is 3. The minimum Gasteiger partial charge on any atom is -0.334 e. The van der Waals surface area contributed by atoms with Gasteiger partial charge in [-0.3, -0.25) is 4.79 Å². The van der Waals surface area contributed by atoms with Crippen molar-refractivity contribution in [3.63, 3.8) is 0 Å². The number of fused-ring (bicyclic) bond motifs is 1. The minimum atomic E-state index is -0.252. The predicted molar refractivity (Wildman–Crippen MR) is 157 cm³/mol. The Morgan fingerprint density at radius 3 is 2.55 bits per heavy atom. The molecule has 0 aliphatic heterocycles. The summed E-state index contributed by atoms with van der Waals surface area (Å²) in [5, 5.41) is 7.50. The lowest BCUT2D eigenvalue weighted by Crippen LogP contribution is -2.35. The Bertz CT molecular complexity index is 1610. The maximum atomic E-state index is 13.2. The van der Waals surface area contributed by atoms with Crippen molar-refractivity contribution in [1.29, 1.82) is 0 Å². The van der Waals surface area contributed by atoms with Gasteiger partial charge in [-0.05, 0) is 66.9 Å². The van der Waals surface area contributed by atoms with E-state index in [9.17, 15) is 4.79 Å². The van der Waals surface area contributed by atoms with E-state index in [0.717, 1.165) is 41.0 Å². The van der Waals surface area contributed by atoms with Crippen LogP contribution in [-0.2, 0) is 18.3 Å². The summed E-state index contributed by atoms with van der Waals surface area (Å²) >= 11 is 6.52. The van der Waals surface area contributed by atoms with Gasteiger partial charge in [0.15, 0.2) is 0 Å². The molecule has 0 unspecified atom stereocenters. The van der Waals surface area contributed by atoms with E-state index >= 15 is 0 Å². The van der Waals surface area contributed by atoms with Gasteiger partial charge in [-0.1, -0.05) is 54.4 Å². The Balaban J connectivity index is 1.39. The number of nitrogens with one attached hydrogen (secondary N) is 1. The van der Waals surface area contributed by atoms with Crippen molar-refractivity contribution < 1.29 is 4.79 Å². The molecule has 0 spiro atoms. The molecule has 5 aromatic rings. The molecule has 0 radical (unpaired) electrons. The SMILES string of the molecule is BC(B)(CCc1ccccc1)c1nc2cc(C)ccc2n1CNC(=O)c1ccc(-n2cnc(C)n2)cc1Cl. The van der Waals surface area contributed by atoms with Crippen LogP contribution in [0.3, 0.4) is 0 Å². The molecule has 190 valence electrons. The molecule has 0 atom stereocenters. The van der Waals surface area contributed by atoms with Crippen LogP contribution in [0.25, 0.3) is 16.7 Å². The average Bonchev–Trinajstić information content (AvgIpc) is 3.50. The first-order chi connectivity index (χ1) is 18.2. The number of carbonyl (C=O) groups excluding carboxylic acids is 1. The molecule has 0 aliphatic carbocycles. The molecule has 2 aromatic heterocycles. The number of rotatable bonds is 8. The fourth-order valence-corrected chi connectivity index (χ4v) is 4.94. The molecule has 10 heteroatoms. The number of aromatic nitrogens is 5. The maximum absolute atomic E-state index is 13.2. The lowest BCUT2D eigenvalue weighted by molar-refractivity contribution is 0.0942. The summed E-state index contributed by atoms with van der Waals surface area (Å²) < 4.78 is 3.74. The normalized spacial score (nSPS) is 11.7. The molecule has 7 nitrogen and oxygen atoms in total. The molecule has 5 rings (SSSR count). The quantitative estimate of drug-likeness (QED) is 0.317. The third-order valence-corrected chi connectivity index (χ3v) is 7.17. The number of benzene rings is 3. The molecule has 0 saturated carbocycles. The van der Waals surface area contributed by atoms with Gasteiger partial charge in [-0.2, -0.15) is 5.10 Å². The second-order valence-corrected chi connectivity index (χ2v) is 10.7. The van der Waals surface area contributed by atoms with E-state index in [2.05, 4.69) is 85.0 Å². The summed E-state index contributed by atoms with van der Waals surface area (Å²) in [6.45, 7) is 4.16. The maximum Gasteiger partial charge on any atom is 0.254 e. The molecule has 1 N–H and O–H groups in total. The Morgan fingerprint density at radius 2 is 1.84 bits per heavy atom. The van der Waals surface area contributed by atoms with E-state index in [-0.39, 0.29) is 17.8 Å². The van der Waals surface area contributed by atoms with E-state index in [4.69, 9.17) is 16.6 Å². The predicted octanol–water partition coefficient (Wildman–Crippen LogP) is 3.33. The zero-order valence-electron chi connectivity index (χ0n) is 22.1. The van der Waals surface area contributed by atoms with Crippen molar-refractivity contribution in [2.24, 2.45) is 0 Å². The molecule has 0 aliphatic rings. The van der Waals surface area contributed by atoms with Crippen molar-refractivity contribution in [1.82, 2.24) is 29.6 Å². The highest BCUT2D eigenvalue weighted by atomic mass is 35.5. The molecular formula is C28H29B2ClN6O. The van der Waals surface area contributed by atoms with E-state index in [1.54, 1.807) is 23.1 Å². The van der Waals surface area contributed by atoms with Gasteiger partial charge in [0.1, 0.15) is 33.7 Å². The van der Waals surface area contributed by atoms with Crippen LogP contribution in [0.1, 0.15) is 39.6 Å². The first kappa shape index (κ1) is 25.8. The zero-order valence-corrected chi connectivity index (χ0v) is 22.8. The zero-order chi connectivity index (χ0) is 26.9. The summed E-state index contributed by atoms with van der Waals surface area (Å²) in [5.74, 6) is 1.35. The van der Waals surface area contributed by atoms with Crippen molar-refractivity contribution in [2.45, 2.75) is 38.6 Å². The Labute approximate surface area is 229 Å². The molecule has 0 saturated heterocycles. The van der Waals surface area contributed by atoms with Crippen LogP contribution in [0.5, 0.6) is 0 Å². The number of imidazole rings is 1. The Kier molecular flexibility index (Phi) is 7.13. The summed E-state index contributed by atoms with van der Waals surface area (Å²) in [6.07, 6.45) is 3.48. The molecular weight excluding hydrogens is 493 g/mol. The number of amides is 1. The fourth-order valence-electron chi connectivity index (χ4n) is 4.68. The van der Waals surface area contributed by atoms with Crippen LogP contribution in [0.4, 0.5) is 0 Å². The Morgan fingerprint density at radius 1 is 1.05 bits per heavy atom. The molecule has 3 aromatic carbocycles. The van der Waals surface area contributed by atoms with Gasteiger partial charge in [0, 0.05) is 0 Å². The van der Waals surface area contributed by atoms with Gasteiger partial charge < -0.3 is 9.88 Å². The van der Waals surface area contributed by atoms with Gasteiger partial charge >= 0.3 is 0 Å². The van der Waals surface area contributed by atoms with E-state index in [0.29, 0.717) is 16.4 Å². The first-order valence-electron chi connectivity index (χ1n) is 12.7. The lowest BCUT2D eigenvalue weighted by atomic mass is 9.51. The average molecular weight is 523 g/mol. The largest absolute Gasteiger partial charge is 0.334 e. The lowest BCUT2D eigenvalue weighted by Gasteiger charge is -2.26. The van der Waals surface area contributed by atoms with Crippen LogP contribution < -0.4 is 5.32 Å².